The zero-order chi connectivity index (χ0) is 10.6. The SMILES string of the molecule is COC(=O)CNC(=O)c1cc(C)cs1. The molecule has 0 saturated carbocycles. The van der Waals surface area contributed by atoms with Crippen molar-refractivity contribution in [3.63, 3.8) is 0 Å². The molecule has 0 aliphatic carbocycles. The van der Waals surface area contributed by atoms with Gasteiger partial charge in [-0.2, -0.15) is 0 Å². The molecule has 1 amide bonds. The summed E-state index contributed by atoms with van der Waals surface area (Å²) >= 11 is 1.35. The Balaban J connectivity index is 2.47. The third-order valence-electron chi connectivity index (χ3n) is 1.58. The van der Waals surface area contributed by atoms with Crippen molar-refractivity contribution in [3.05, 3.63) is 21.9 Å². The van der Waals surface area contributed by atoms with Gasteiger partial charge in [-0.3, -0.25) is 9.59 Å². The first-order valence-corrected chi connectivity index (χ1v) is 4.91. The van der Waals surface area contributed by atoms with E-state index in [1.54, 1.807) is 6.07 Å². The van der Waals surface area contributed by atoms with Crippen molar-refractivity contribution in [3.8, 4) is 0 Å². The van der Waals surface area contributed by atoms with Gasteiger partial charge in [-0.05, 0) is 23.9 Å². The number of esters is 1. The average molecular weight is 213 g/mol. The number of aryl methyl sites for hydroxylation is 1. The smallest absolute Gasteiger partial charge is 0.325 e. The second-order valence-corrected chi connectivity index (χ2v) is 3.66. The van der Waals surface area contributed by atoms with Gasteiger partial charge in [-0.15, -0.1) is 11.3 Å². The van der Waals surface area contributed by atoms with Gasteiger partial charge in [0.05, 0.1) is 12.0 Å². The average Bonchev–Trinajstić information content (AvgIpc) is 2.60. The number of hydrogen-bond donors (Lipinski definition) is 1. The summed E-state index contributed by atoms with van der Waals surface area (Å²) in [5.41, 5.74) is 1.04. The molecule has 76 valence electrons. The van der Waals surface area contributed by atoms with Crippen LogP contribution in [-0.4, -0.2) is 25.5 Å². The number of nitrogens with one attached hydrogen (secondary N) is 1. The van der Waals surface area contributed by atoms with Gasteiger partial charge in [0.1, 0.15) is 6.54 Å². The van der Waals surface area contributed by atoms with Crippen molar-refractivity contribution in [2.45, 2.75) is 6.92 Å². The normalized spacial score (nSPS) is 9.57. The molecule has 0 aliphatic heterocycles. The summed E-state index contributed by atoms with van der Waals surface area (Å²) in [5.74, 6) is -0.694. The highest BCUT2D eigenvalue weighted by atomic mass is 32.1. The summed E-state index contributed by atoms with van der Waals surface area (Å²) in [5, 5.41) is 4.34. The summed E-state index contributed by atoms with van der Waals surface area (Å²) in [7, 11) is 1.28. The largest absolute Gasteiger partial charge is 0.468 e. The van der Waals surface area contributed by atoms with E-state index in [1.165, 1.54) is 18.4 Å². The molecule has 1 rings (SSSR count). The highest BCUT2D eigenvalue weighted by Gasteiger charge is 2.09. The minimum atomic E-state index is -0.452. The quantitative estimate of drug-likeness (QED) is 0.761. The molecule has 0 aliphatic rings. The molecule has 1 N–H and O–H groups in total. The molecule has 0 saturated heterocycles. The second-order valence-electron chi connectivity index (χ2n) is 2.75. The number of hydrogen-bond acceptors (Lipinski definition) is 4. The lowest BCUT2D eigenvalue weighted by Gasteiger charge is -2.00. The van der Waals surface area contributed by atoms with Crippen LogP contribution >= 0.6 is 11.3 Å². The Morgan fingerprint density at radius 3 is 2.79 bits per heavy atom. The Hall–Kier alpha value is -1.36. The first-order chi connectivity index (χ1) is 6.63. The fourth-order valence-electron chi connectivity index (χ4n) is 0.862. The van der Waals surface area contributed by atoms with Crippen LogP contribution < -0.4 is 5.32 Å². The van der Waals surface area contributed by atoms with Crippen LogP contribution in [0.3, 0.4) is 0 Å². The predicted molar refractivity (Wildman–Crippen MR) is 53.4 cm³/mol. The molecule has 1 aromatic heterocycles. The van der Waals surface area contributed by atoms with Gasteiger partial charge >= 0.3 is 5.97 Å². The van der Waals surface area contributed by atoms with E-state index in [4.69, 9.17) is 0 Å². The molecule has 14 heavy (non-hydrogen) atoms. The molecular weight excluding hydrogens is 202 g/mol. The predicted octanol–water partition coefficient (Wildman–Crippen LogP) is 0.959. The minimum Gasteiger partial charge on any atom is -0.468 e. The maximum atomic E-state index is 11.4. The molecule has 1 aromatic rings. The number of thiophene rings is 1. The van der Waals surface area contributed by atoms with Crippen LogP contribution in [-0.2, 0) is 9.53 Å². The summed E-state index contributed by atoms with van der Waals surface area (Å²) in [4.78, 5) is 22.7. The molecule has 1 heterocycles. The zero-order valence-corrected chi connectivity index (χ0v) is 8.81. The van der Waals surface area contributed by atoms with E-state index in [2.05, 4.69) is 10.1 Å². The lowest BCUT2D eigenvalue weighted by atomic mass is 10.3. The summed E-state index contributed by atoms with van der Waals surface area (Å²) in [6.45, 7) is 1.82. The third kappa shape index (κ3) is 2.85. The van der Waals surface area contributed by atoms with Crippen LogP contribution in [0.1, 0.15) is 15.2 Å². The number of ether oxygens (including phenoxy) is 1. The van der Waals surface area contributed by atoms with E-state index >= 15 is 0 Å². The number of rotatable bonds is 3. The Labute approximate surface area is 85.9 Å². The van der Waals surface area contributed by atoms with E-state index < -0.39 is 5.97 Å². The summed E-state index contributed by atoms with van der Waals surface area (Å²) in [6, 6.07) is 1.78. The third-order valence-corrected chi connectivity index (χ3v) is 2.62. The van der Waals surface area contributed by atoms with Gasteiger partial charge in [0.25, 0.3) is 5.91 Å². The van der Waals surface area contributed by atoms with Crippen LogP contribution in [0.4, 0.5) is 0 Å². The molecule has 0 spiro atoms. The summed E-state index contributed by atoms with van der Waals surface area (Å²) in [6.07, 6.45) is 0. The van der Waals surface area contributed by atoms with E-state index in [9.17, 15) is 9.59 Å². The van der Waals surface area contributed by atoms with Gasteiger partial charge in [0.2, 0.25) is 0 Å². The highest BCUT2D eigenvalue weighted by molar-refractivity contribution is 7.12. The van der Waals surface area contributed by atoms with E-state index in [-0.39, 0.29) is 12.5 Å². The monoisotopic (exact) mass is 213 g/mol. The molecule has 5 heteroatoms. The van der Waals surface area contributed by atoms with Gasteiger partial charge in [0, 0.05) is 0 Å². The Morgan fingerprint density at radius 1 is 1.57 bits per heavy atom. The van der Waals surface area contributed by atoms with Crippen LogP contribution in [0, 0.1) is 6.92 Å². The van der Waals surface area contributed by atoms with E-state index in [0.29, 0.717) is 4.88 Å². The standard InChI is InChI=1S/C9H11NO3S/c1-6-3-7(14-5-6)9(12)10-4-8(11)13-2/h3,5H,4H2,1-2H3,(H,10,12). The molecule has 0 unspecified atom stereocenters. The number of amides is 1. The van der Waals surface area contributed by atoms with Crippen LogP contribution in [0.5, 0.6) is 0 Å². The second kappa shape index (κ2) is 4.76. The molecule has 0 radical (unpaired) electrons. The molecule has 0 atom stereocenters. The topological polar surface area (TPSA) is 55.4 Å². The van der Waals surface area contributed by atoms with Crippen LogP contribution in [0.25, 0.3) is 0 Å². The Morgan fingerprint density at radius 2 is 2.29 bits per heavy atom. The highest BCUT2D eigenvalue weighted by Crippen LogP contribution is 2.12. The minimum absolute atomic E-state index is 0.0910. The van der Waals surface area contributed by atoms with Crippen molar-refractivity contribution in [2.75, 3.05) is 13.7 Å². The van der Waals surface area contributed by atoms with Gasteiger partial charge in [-0.25, -0.2) is 0 Å². The van der Waals surface area contributed by atoms with Crippen molar-refractivity contribution in [1.29, 1.82) is 0 Å². The lowest BCUT2D eigenvalue weighted by molar-refractivity contribution is -0.139. The van der Waals surface area contributed by atoms with Crippen molar-refractivity contribution < 1.29 is 14.3 Å². The van der Waals surface area contributed by atoms with E-state index in [1.807, 2.05) is 12.3 Å². The first kappa shape index (κ1) is 10.7. The molecule has 0 aromatic carbocycles. The number of carbonyl (C=O) groups is 2. The van der Waals surface area contributed by atoms with Gasteiger partial charge in [0.15, 0.2) is 0 Å². The zero-order valence-electron chi connectivity index (χ0n) is 7.99. The van der Waals surface area contributed by atoms with Crippen LogP contribution in [0.2, 0.25) is 0 Å². The van der Waals surface area contributed by atoms with Gasteiger partial charge < -0.3 is 10.1 Å². The lowest BCUT2D eigenvalue weighted by Crippen LogP contribution is -2.29. The molecule has 0 bridgehead atoms. The Bertz CT molecular complexity index is 346. The fraction of sp³-hybridized carbons (Fsp3) is 0.333. The van der Waals surface area contributed by atoms with Crippen molar-refractivity contribution >= 4 is 23.2 Å². The molecular formula is C9H11NO3S. The van der Waals surface area contributed by atoms with Crippen molar-refractivity contribution in [1.82, 2.24) is 5.32 Å². The summed E-state index contributed by atoms with van der Waals surface area (Å²) < 4.78 is 4.39. The van der Waals surface area contributed by atoms with Crippen LogP contribution in [0.15, 0.2) is 11.4 Å². The maximum Gasteiger partial charge on any atom is 0.325 e. The fourth-order valence-corrected chi connectivity index (χ4v) is 1.68. The first-order valence-electron chi connectivity index (χ1n) is 4.03. The van der Waals surface area contributed by atoms with E-state index in [0.717, 1.165) is 5.56 Å². The Kier molecular flexibility index (Phi) is 3.64. The molecule has 0 fully saturated rings. The maximum absolute atomic E-state index is 11.4. The number of carbonyl (C=O) groups excluding carboxylic acids is 2. The van der Waals surface area contributed by atoms with Crippen molar-refractivity contribution in [2.24, 2.45) is 0 Å². The number of methoxy groups -OCH3 is 1. The van der Waals surface area contributed by atoms with Gasteiger partial charge in [-0.1, -0.05) is 0 Å². The molecule has 4 nitrogen and oxygen atoms in total.